The van der Waals surface area contributed by atoms with Gasteiger partial charge in [-0.3, -0.25) is 4.98 Å². The number of pyridine rings is 1. The summed E-state index contributed by atoms with van der Waals surface area (Å²) in [6.07, 6.45) is -0.825. The van der Waals surface area contributed by atoms with Crippen LogP contribution in [0.15, 0.2) is 30.9 Å². The number of hydrogen-bond acceptors (Lipinski definition) is 6. The minimum atomic E-state index is -4.44. The molecule has 0 amide bonds. The van der Waals surface area contributed by atoms with Crippen LogP contribution in [0.25, 0.3) is 11.2 Å². The van der Waals surface area contributed by atoms with Crippen LogP contribution in [0.5, 0.6) is 0 Å². The third-order valence-corrected chi connectivity index (χ3v) is 6.21. The van der Waals surface area contributed by atoms with Crippen molar-refractivity contribution in [2.24, 2.45) is 11.8 Å². The van der Waals surface area contributed by atoms with Crippen LogP contribution in [0.4, 0.5) is 33.5 Å². The number of aromatic nitrogens is 5. The average Bonchev–Trinajstić information content (AvgIpc) is 3.36. The Bertz CT molecular complexity index is 1120. The first kappa shape index (κ1) is 20.8. The maximum Gasteiger partial charge on any atom is 0.418 e. The molecule has 5 heterocycles. The summed E-state index contributed by atoms with van der Waals surface area (Å²) in [6.45, 7) is 1.73. The van der Waals surface area contributed by atoms with Crippen LogP contribution in [0.1, 0.15) is 12.0 Å². The lowest BCUT2D eigenvalue weighted by atomic mass is 9.88. The minimum Gasteiger partial charge on any atom is -0.369 e. The van der Waals surface area contributed by atoms with Gasteiger partial charge < -0.3 is 9.80 Å². The summed E-state index contributed by atoms with van der Waals surface area (Å²) in [5, 5.41) is 3.94. The largest absolute Gasteiger partial charge is 0.418 e. The second-order valence-corrected chi connectivity index (χ2v) is 8.21. The topological polar surface area (TPSA) is 63.0 Å². The maximum absolute atomic E-state index is 13.4. The molecule has 5 rings (SSSR count). The third kappa shape index (κ3) is 3.82. The van der Waals surface area contributed by atoms with Crippen molar-refractivity contribution in [3.8, 4) is 0 Å². The highest BCUT2D eigenvalue weighted by Gasteiger charge is 2.41. The van der Waals surface area contributed by atoms with Crippen molar-refractivity contribution in [1.82, 2.24) is 24.7 Å². The second-order valence-electron chi connectivity index (χ2n) is 8.21. The molecule has 0 aromatic carbocycles. The number of alkyl halides is 5. The highest BCUT2D eigenvalue weighted by molar-refractivity contribution is 5.71. The lowest BCUT2D eigenvalue weighted by Gasteiger charge is -2.36. The summed E-state index contributed by atoms with van der Waals surface area (Å²) < 4.78 is 67.1. The first-order valence-corrected chi connectivity index (χ1v) is 10.3. The van der Waals surface area contributed by atoms with E-state index in [2.05, 4.69) is 20.1 Å². The summed E-state index contributed by atoms with van der Waals surface area (Å²) in [5.41, 5.74) is 0.163. The predicted octanol–water partition coefficient (Wildman–Crippen LogP) is 3.47. The van der Waals surface area contributed by atoms with Crippen molar-refractivity contribution in [2.75, 3.05) is 36.0 Å². The van der Waals surface area contributed by atoms with Gasteiger partial charge in [0.15, 0.2) is 5.65 Å². The Morgan fingerprint density at radius 2 is 1.81 bits per heavy atom. The van der Waals surface area contributed by atoms with Crippen LogP contribution in [0.3, 0.4) is 0 Å². The van der Waals surface area contributed by atoms with E-state index in [0.717, 1.165) is 23.4 Å². The molecule has 2 saturated heterocycles. The van der Waals surface area contributed by atoms with Gasteiger partial charge in [-0.25, -0.2) is 23.4 Å². The normalized spacial score (nSPS) is 21.6. The summed E-state index contributed by atoms with van der Waals surface area (Å²) in [7, 11) is 0. The quantitative estimate of drug-likeness (QED) is 0.564. The van der Waals surface area contributed by atoms with Gasteiger partial charge in [0.1, 0.15) is 17.9 Å². The fourth-order valence-electron chi connectivity index (χ4n) is 4.71. The Kier molecular flexibility index (Phi) is 5.09. The highest BCUT2D eigenvalue weighted by atomic mass is 19.4. The van der Waals surface area contributed by atoms with E-state index >= 15 is 0 Å². The van der Waals surface area contributed by atoms with Gasteiger partial charge in [0.25, 0.3) is 6.43 Å². The Balaban J connectivity index is 1.35. The number of piperidine rings is 1. The molecule has 7 nitrogen and oxygen atoms in total. The zero-order valence-electron chi connectivity index (χ0n) is 16.9. The molecule has 2 aliphatic heterocycles. The second kappa shape index (κ2) is 7.82. The van der Waals surface area contributed by atoms with E-state index in [9.17, 15) is 22.0 Å². The van der Waals surface area contributed by atoms with E-state index in [4.69, 9.17) is 0 Å². The molecule has 3 aromatic rings. The van der Waals surface area contributed by atoms with Gasteiger partial charge in [-0.1, -0.05) is 0 Å². The molecule has 32 heavy (non-hydrogen) atoms. The van der Waals surface area contributed by atoms with Crippen molar-refractivity contribution in [2.45, 2.75) is 25.6 Å². The Morgan fingerprint density at radius 1 is 1.03 bits per heavy atom. The number of hydrogen-bond donors (Lipinski definition) is 0. The molecule has 1 unspecified atom stereocenters. The van der Waals surface area contributed by atoms with Gasteiger partial charge in [0.2, 0.25) is 0 Å². The van der Waals surface area contributed by atoms with E-state index in [1.54, 1.807) is 11.1 Å². The van der Waals surface area contributed by atoms with E-state index < -0.39 is 24.7 Å². The van der Waals surface area contributed by atoms with Crippen LogP contribution in [0.2, 0.25) is 0 Å². The molecule has 0 spiro atoms. The molecule has 0 N–H and O–H groups in total. The van der Waals surface area contributed by atoms with Crippen LogP contribution < -0.4 is 9.80 Å². The lowest BCUT2D eigenvalue weighted by Crippen LogP contribution is -2.41. The fourth-order valence-corrected chi connectivity index (χ4v) is 4.71. The number of nitrogens with zero attached hydrogens (tertiary/aromatic N) is 7. The molecule has 0 aliphatic carbocycles. The minimum absolute atomic E-state index is 0.106. The van der Waals surface area contributed by atoms with Gasteiger partial charge in [-0.05, 0) is 24.3 Å². The molecule has 3 aromatic heterocycles. The zero-order valence-corrected chi connectivity index (χ0v) is 16.9. The van der Waals surface area contributed by atoms with Crippen molar-refractivity contribution < 1.29 is 22.0 Å². The molecule has 2 atom stereocenters. The predicted molar refractivity (Wildman–Crippen MR) is 107 cm³/mol. The van der Waals surface area contributed by atoms with Crippen LogP contribution in [0, 0.1) is 11.8 Å². The van der Waals surface area contributed by atoms with E-state index in [1.165, 1.54) is 12.4 Å². The average molecular weight is 453 g/mol. The van der Waals surface area contributed by atoms with Crippen LogP contribution >= 0.6 is 0 Å². The first-order chi connectivity index (χ1) is 15.3. The fraction of sp³-hybridized carbons (Fsp3) is 0.500. The Morgan fingerprint density at radius 3 is 2.59 bits per heavy atom. The van der Waals surface area contributed by atoms with Crippen molar-refractivity contribution in [3.05, 3.63) is 36.4 Å². The molecule has 0 saturated carbocycles. The molecule has 0 radical (unpaired) electrons. The van der Waals surface area contributed by atoms with Crippen molar-refractivity contribution in [3.63, 3.8) is 0 Å². The number of rotatable bonds is 4. The third-order valence-electron chi connectivity index (χ3n) is 6.21. The maximum atomic E-state index is 13.4. The van der Waals surface area contributed by atoms with E-state index in [-0.39, 0.29) is 11.6 Å². The first-order valence-electron chi connectivity index (χ1n) is 10.3. The van der Waals surface area contributed by atoms with Crippen molar-refractivity contribution in [1.29, 1.82) is 0 Å². The molecule has 2 aliphatic rings. The van der Waals surface area contributed by atoms with Gasteiger partial charge >= 0.3 is 6.18 Å². The Hall–Kier alpha value is -3.05. The van der Waals surface area contributed by atoms with Gasteiger partial charge in [-0.2, -0.15) is 18.3 Å². The van der Waals surface area contributed by atoms with E-state index in [0.29, 0.717) is 49.1 Å². The standard InChI is InChI=1S/C20H20F5N7/c21-17(22)11-32-19-15(5-28-32)27-7-18(29-19)31-8-12-2-4-30(9-13(12)10-31)16-6-26-3-1-14(16)20(23,24)25/h1,3,5-7,12-13,17H,2,4,8-11H2/t12?,13-/m1/s1. The highest BCUT2D eigenvalue weighted by Crippen LogP contribution is 2.40. The smallest absolute Gasteiger partial charge is 0.369 e. The van der Waals surface area contributed by atoms with Gasteiger partial charge in [-0.15, -0.1) is 0 Å². The van der Waals surface area contributed by atoms with Crippen molar-refractivity contribution >= 4 is 22.7 Å². The molecule has 170 valence electrons. The monoisotopic (exact) mass is 453 g/mol. The Labute approximate surface area is 179 Å². The summed E-state index contributed by atoms with van der Waals surface area (Å²) in [6, 6.07) is 1.01. The number of anilines is 2. The molecule has 0 bridgehead atoms. The SMILES string of the molecule is FC(F)Cn1ncc2ncc(N3CC4CCN(c5cnccc5C(F)(F)F)C[C@@H]4C3)nc21. The van der Waals surface area contributed by atoms with Gasteiger partial charge in [0.05, 0.1) is 29.8 Å². The summed E-state index contributed by atoms with van der Waals surface area (Å²) in [5.74, 6) is 1.01. The molecule has 12 heteroatoms. The summed E-state index contributed by atoms with van der Waals surface area (Å²) >= 11 is 0. The van der Waals surface area contributed by atoms with Crippen LogP contribution in [-0.2, 0) is 12.7 Å². The van der Waals surface area contributed by atoms with E-state index in [1.807, 2.05) is 4.90 Å². The lowest BCUT2D eigenvalue weighted by molar-refractivity contribution is -0.137. The van der Waals surface area contributed by atoms with Gasteiger partial charge in [0, 0.05) is 32.4 Å². The zero-order chi connectivity index (χ0) is 22.5. The molecular formula is C20H20F5N7. The summed E-state index contributed by atoms with van der Waals surface area (Å²) in [4.78, 5) is 16.5. The number of halogens is 5. The number of fused-ring (bicyclic) bond motifs is 2. The molecular weight excluding hydrogens is 433 g/mol. The van der Waals surface area contributed by atoms with Crippen LogP contribution in [-0.4, -0.2) is 57.3 Å². The molecule has 2 fully saturated rings.